The maximum Gasteiger partial charge on any atom is 0.150 e. The van der Waals surface area contributed by atoms with E-state index in [0.29, 0.717) is 0 Å². The Morgan fingerprint density at radius 1 is 1.31 bits per heavy atom. The van der Waals surface area contributed by atoms with Gasteiger partial charge in [-0.05, 0) is 18.9 Å². The number of carbonyl (C=O) groups excluding carboxylic acids is 1. The van der Waals surface area contributed by atoms with E-state index >= 15 is 0 Å². The Kier molecular flexibility index (Phi) is 3.44. The van der Waals surface area contributed by atoms with Crippen LogP contribution in [-0.4, -0.2) is 6.29 Å². The second-order valence-electron chi connectivity index (χ2n) is 3.03. The Morgan fingerprint density at radius 2 is 1.92 bits per heavy atom. The zero-order chi connectivity index (χ0) is 9.68. The molecule has 13 heavy (non-hydrogen) atoms. The summed E-state index contributed by atoms with van der Waals surface area (Å²) >= 11 is 0. The van der Waals surface area contributed by atoms with E-state index in [0.717, 1.165) is 29.4 Å². The van der Waals surface area contributed by atoms with Crippen molar-refractivity contribution in [1.82, 2.24) is 0 Å². The molecule has 0 heterocycles. The van der Waals surface area contributed by atoms with Gasteiger partial charge in [-0.2, -0.15) is 0 Å². The van der Waals surface area contributed by atoms with Gasteiger partial charge in [0.1, 0.15) is 0 Å². The van der Waals surface area contributed by atoms with E-state index in [2.05, 4.69) is 6.92 Å². The van der Waals surface area contributed by atoms with Gasteiger partial charge in [0.25, 0.3) is 0 Å². The number of hydrogen-bond donors (Lipinski definition) is 0. The van der Waals surface area contributed by atoms with Gasteiger partial charge in [-0.1, -0.05) is 42.8 Å². The molecule has 0 fully saturated rings. The molecule has 0 aliphatic heterocycles. The summed E-state index contributed by atoms with van der Waals surface area (Å²) in [7, 11) is 0. The molecule has 68 valence electrons. The fourth-order valence-corrected chi connectivity index (χ4v) is 1.22. The predicted molar refractivity (Wildman–Crippen MR) is 55.4 cm³/mol. The van der Waals surface area contributed by atoms with Crippen molar-refractivity contribution in [1.29, 1.82) is 0 Å². The molecule has 1 aromatic rings. The van der Waals surface area contributed by atoms with E-state index in [-0.39, 0.29) is 0 Å². The van der Waals surface area contributed by atoms with Gasteiger partial charge in [-0.25, -0.2) is 0 Å². The molecular weight excluding hydrogens is 160 g/mol. The van der Waals surface area contributed by atoms with E-state index in [1.807, 2.05) is 37.3 Å². The highest BCUT2D eigenvalue weighted by Gasteiger charge is 2.01. The molecule has 0 aliphatic carbocycles. The van der Waals surface area contributed by atoms with Gasteiger partial charge in [-0.15, -0.1) is 0 Å². The van der Waals surface area contributed by atoms with Gasteiger partial charge < -0.3 is 0 Å². The van der Waals surface area contributed by atoms with Crippen molar-refractivity contribution in [3.05, 3.63) is 41.5 Å². The number of benzene rings is 1. The van der Waals surface area contributed by atoms with Crippen LogP contribution < -0.4 is 0 Å². The highest BCUT2D eigenvalue weighted by Crippen LogP contribution is 2.17. The highest BCUT2D eigenvalue weighted by atomic mass is 16.1. The van der Waals surface area contributed by atoms with Crippen LogP contribution in [-0.2, 0) is 4.79 Å². The Bertz CT molecular complexity index is 309. The molecule has 1 heteroatoms. The summed E-state index contributed by atoms with van der Waals surface area (Å²) in [5.41, 5.74) is 2.97. The van der Waals surface area contributed by atoms with E-state index in [1.54, 1.807) is 0 Å². The molecular formula is C12H14O. The van der Waals surface area contributed by atoms with Gasteiger partial charge in [-0.3, -0.25) is 4.79 Å². The van der Waals surface area contributed by atoms with Crippen LogP contribution in [0.25, 0.3) is 5.57 Å². The van der Waals surface area contributed by atoms with Crippen LogP contribution in [0.2, 0.25) is 0 Å². The lowest BCUT2D eigenvalue weighted by molar-refractivity contribution is -0.103. The maximum atomic E-state index is 10.8. The quantitative estimate of drug-likeness (QED) is 0.508. The van der Waals surface area contributed by atoms with Crippen LogP contribution >= 0.6 is 0 Å². The first-order chi connectivity index (χ1) is 6.29. The van der Waals surface area contributed by atoms with Gasteiger partial charge in [0.15, 0.2) is 6.29 Å². The summed E-state index contributed by atoms with van der Waals surface area (Å²) in [4.78, 5) is 10.8. The van der Waals surface area contributed by atoms with Crippen molar-refractivity contribution in [2.24, 2.45) is 0 Å². The van der Waals surface area contributed by atoms with Gasteiger partial charge in [0, 0.05) is 5.57 Å². The fraction of sp³-hybridized carbons (Fsp3) is 0.250. The van der Waals surface area contributed by atoms with Crippen LogP contribution in [0.1, 0.15) is 25.8 Å². The molecule has 0 saturated heterocycles. The number of carbonyl (C=O) groups is 1. The van der Waals surface area contributed by atoms with E-state index in [4.69, 9.17) is 0 Å². The summed E-state index contributed by atoms with van der Waals surface area (Å²) in [6.07, 6.45) is 1.86. The third kappa shape index (κ3) is 2.28. The third-order valence-electron chi connectivity index (χ3n) is 2.19. The Balaban J connectivity index is 3.12. The van der Waals surface area contributed by atoms with Crippen molar-refractivity contribution in [2.75, 3.05) is 0 Å². The van der Waals surface area contributed by atoms with Crippen molar-refractivity contribution in [2.45, 2.75) is 20.3 Å². The zero-order valence-electron chi connectivity index (χ0n) is 8.08. The molecule has 0 aliphatic rings. The Labute approximate surface area is 79.1 Å². The molecule has 0 spiro atoms. The first-order valence-corrected chi connectivity index (χ1v) is 4.50. The van der Waals surface area contributed by atoms with Gasteiger partial charge >= 0.3 is 0 Å². The molecule has 0 amide bonds. The minimum absolute atomic E-state index is 0.822. The van der Waals surface area contributed by atoms with Crippen molar-refractivity contribution < 1.29 is 4.79 Å². The average molecular weight is 174 g/mol. The standard InChI is InChI=1S/C12H14O/c1-3-10(2)12(9-13)11-7-5-4-6-8-11/h4-9H,3H2,1-2H3/b12-10-. The summed E-state index contributed by atoms with van der Waals surface area (Å²) in [6.45, 7) is 4.05. The van der Waals surface area contributed by atoms with E-state index in [9.17, 15) is 4.79 Å². The topological polar surface area (TPSA) is 17.1 Å². The lowest BCUT2D eigenvalue weighted by atomic mass is 10.0. The summed E-state index contributed by atoms with van der Waals surface area (Å²) in [6, 6.07) is 9.77. The molecule has 0 unspecified atom stereocenters. The highest BCUT2D eigenvalue weighted by molar-refractivity contribution is 6.08. The van der Waals surface area contributed by atoms with Crippen LogP contribution in [0.3, 0.4) is 0 Å². The molecule has 0 atom stereocenters. The maximum absolute atomic E-state index is 10.8. The van der Waals surface area contributed by atoms with E-state index < -0.39 is 0 Å². The van der Waals surface area contributed by atoms with Gasteiger partial charge in [0.2, 0.25) is 0 Å². The zero-order valence-corrected chi connectivity index (χ0v) is 8.08. The minimum atomic E-state index is 0.822. The normalized spacial score (nSPS) is 12.2. The first kappa shape index (κ1) is 9.72. The lowest BCUT2D eigenvalue weighted by Gasteiger charge is -2.03. The number of aldehydes is 1. The number of allylic oxidation sites excluding steroid dienone is 2. The van der Waals surface area contributed by atoms with Crippen molar-refractivity contribution in [3.63, 3.8) is 0 Å². The fourth-order valence-electron chi connectivity index (χ4n) is 1.22. The Morgan fingerprint density at radius 3 is 2.38 bits per heavy atom. The van der Waals surface area contributed by atoms with Crippen LogP contribution in [0, 0.1) is 0 Å². The molecule has 1 nitrogen and oxygen atoms in total. The SMILES string of the molecule is CC/C(C)=C(/C=O)c1ccccc1. The minimum Gasteiger partial charge on any atom is -0.298 e. The van der Waals surface area contributed by atoms with Gasteiger partial charge in [0.05, 0.1) is 0 Å². The van der Waals surface area contributed by atoms with Crippen LogP contribution in [0.5, 0.6) is 0 Å². The van der Waals surface area contributed by atoms with E-state index in [1.165, 1.54) is 0 Å². The van der Waals surface area contributed by atoms with Crippen molar-refractivity contribution >= 4 is 11.9 Å². The Hall–Kier alpha value is -1.37. The molecule has 0 aromatic heterocycles. The monoisotopic (exact) mass is 174 g/mol. The average Bonchev–Trinajstić information content (AvgIpc) is 2.20. The number of rotatable bonds is 3. The predicted octanol–water partition coefficient (Wildman–Crippen LogP) is 3.07. The van der Waals surface area contributed by atoms with Crippen LogP contribution in [0.15, 0.2) is 35.9 Å². The summed E-state index contributed by atoms with van der Waals surface area (Å²) < 4.78 is 0. The molecule has 0 N–H and O–H groups in total. The lowest BCUT2D eigenvalue weighted by Crippen LogP contribution is -1.89. The largest absolute Gasteiger partial charge is 0.298 e. The number of hydrogen-bond acceptors (Lipinski definition) is 1. The molecule has 1 aromatic carbocycles. The molecule has 1 rings (SSSR count). The molecule has 0 saturated carbocycles. The third-order valence-corrected chi connectivity index (χ3v) is 2.19. The molecule has 0 bridgehead atoms. The summed E-state index contributed by atoms with van der Waals surface area (Å²) in [5.74, 6) is 0. The second kappa shape index (κ2) is 4.61. The molecule has 0 radical (unpaired) electrons. The van der Waals surface area contributed by atoms with Crippen LogP contribution in [0.4, 0.5) is 0 Å². The van der Waals surface area contributed by atoms with Crippen molar-refractivity contribution in [3.8, 4) is 0 Å². The second-order valence-corrected chi connectivity index (χ2v) is 3.03. The summed E-state index contributed by atoms with van der Waals surface area (Å²) in [5, 5.41) is 0. The first-order valence-electron chi connectivity index (χ1n) is 4.50. The smallest absolute Gasteiger partial charge is 0.150 e.